The predicted octanol–water partition coefficient (Wildman–Crippen LogP) is 7.35. The summed E-state index contributed by atoms with van der Waals surface area (Å²) in [6.07, 6.45) is 1.35. The van der Waals surface area contributed by atoms with E-state index in [4.69, 9.17) is 14.2 Å². The van der Waals surface area contributed by atoms with Crippen LogP contribution in [0.4, 0.5) is 0 Å². The molecule has 0 saturated heterocycles. The van der Waals surface area contributed by atoms with Crippen molar-refractivity contribution >= 4 is 17.8 Å². The predicted molar refractivity (Wildman–Crippen MR) is 171 cm³/mol. The summed E-state index contributed by atoms with van der Waals surface area (Å²) in [5.41, 5.74) is 2.71. The fraction of sp³-hybridized carbons (Fsp3) is 0.289. The highest BCUT2D eigenvalue weighted by Gasteiger charge is 2.52. The highest BCUT2D eigenvalue weighted by atomic mass is 16.5. The number of carbonyl (C=O) groups is 3. The number of hydrogen-bond donors (Lipinski definition) is 0. The Bertz CT molecular complexity index is 1530. The van der Waals surface area contributed by atoms with E-state index in [1.54, 1.807) is 0 Å². The van der Waals surface area contributed by atoms with Gasteiger partial charge in [-0.3, -0.25) is 14.4 Å². The van der Waals surface area contributed by atoms with E-state index >= 15 is 0 Å². The Morgan fingerprint density at radius 1 is 0.667 bits per heavy atom. The van der Waals surface area contributed by atoms with Crippen LogP contribution in [0.15, 0.2) is 115 Å². The molecule has 4 aromatic carbocycles. The smallest absolute Gasteiger partial charge is 0.310 e. The van der Waals surface area contributed by atoms with Gasteiger partial charge in [-0.05, 0) is 59.7 Å². The molecule has 0 N–H and O–H groups in total. The summed E-state index contributed by atoms with van der Waals surface area (Å²) in [7, 11) is 0. The lowest BCUT2D eigenvalue weighted by atomic mass is 9.63. The third kappa shape index (κ3) is 8.82. The van der Waals surface area contributed by atoms with Gasteiger partial charge in [0.1, 0.15) is 24.7 Å². The van der Waals surface area contributed by atoms with Crippen LogP contribution in [0.3, 0.4) is 0 Å². The Morgan fingerprint density at radius 2 is 1.20 bits per heavy atom. The van der Waals surface area contributed by atoms with Crippen LogP contribution in [0, 0.1) is 17.8 Å². The Labute approximate surface area is 264 Å². The first kappa shape index (κ1) is 31.5. The van der Waals surface area contributed by atoms with Gasteiger partial charge in [0, 0.05) is 19.5 Å². The van der Waals surface area contributed by atoms with Gasteiger partial charge in [0.25, 0.3) is 0 Å². The minimum absolute atomic E-state index is 0.0524. The minimum Gasteiger partial charge on any atom is -0.461 e. The summed E-state index contributed by atoms with van der Waals surface area (Å²) in [5.74, 6) is -1.18. The molecule has 3 atom stereocenters. The second kappa shape index (κ2) is 15.7. The van der Waals surface area contributed by atoms with Crippen molar-refractivity contribution in [1.29, 1.82) is 0 Å². The molecular weight excluding hydrogens is 566 g/mol. The van der Waals surface area contributed by atoms with Crippen molar-refractivity contribution in [3.63, 3.8) is 0 Å². The summed E-state index contributed by atoms with van der Waals surface area (Å²) >= 11 is 0. The summed E-state index contributed by atoms with van der Waals surface area (Å²) < 4.78 is 17.1. The van der Waals surface area contributed by atoms with E-state index in [0.717, 1.165) is 34.6 Å². The van der Waals surface area contributed by atoms with E-state index in [1.807, 2.05) is 127 Å². The SMILES string of the molecule is CCCN(Cc1ccc(Oc2ccccc2)cc1)C(=O)CC1CC(C(=O)OCc2ccccc2)C1C(=O)OCc1ccccc1. The molecule has 1 aliphatic carbocycles. The van der Waals surface area contributed by atoms with E-state index in [-0.39, 0.29) is 31.5 Å². The van der Waals surface area contributed by atoms with Crippen LogP contribution in [0.1, 0.15) is 42.9 Å². The summed E-state index contributed by atoms with van der Waals surface area (Å²) in [4.78, 5) is 41.9. The van der Waals surface area contributed by atoms with Gasteiger partial charge in [0.05, 0.1) is 11.8 Å². The van der Waals surface area contributed by atoms with Gasteiger partial charge < -0.3 is 19.1 Å². The first-order valence-electron chi connectivity index (χ1n) is 15.5. The molecular formula is C38H39NO6. The topological polar surface area (TPSA) is 82.1 Å². The Hall–Kier alpha value is -4.91. The zero-order chi connectivity index (χ0) is 31.4. The molecule has 7 nitrogen and oxygen atoms in total. The largest absolute Gasteiger partial charge is 0.461 e. The van der Waals surface area contributed by atoms with Gasteiger partial charge in [-0.25, -0.2) is 0 Å². The van der Waals surface area contributed by atoms with Gasteiger partial charge in [-0.1, -0.05) is 97.9 Å². The van der Waals surface area contributed by atoms with E-state index in [2.05, 4.69) is 0 Å². The van der Waals surface area contributed by atoms with Crippen molar-refractivity contribution in [3.8, 4) is 11.5 Å². The lowest BCUT2D eigenvalue weighted by Crippen LogP contribution is -2.49. The highest BCUT2D eigenvalue weighted by Crippen LogP contribution is 2.45. The third-order valence-electron chi connectivity index (χ3n) is 8.08. The quantitative estimate of drug-likeness (QED) is 0.140. The van der Waals surface area contributed by atoms with Crippen LogP contribution in [0.2, 0.25) is 0 Å². The normalized spacial score (nSPS) is 17.0. The molecule has 5 rings (SSSR count). The fourth-order valence-electron chi connectivity index (χ4n) is 5.65. The number of esters is 2. The van der Waals surface area contributed by atoms with Crippen molar-refractivity contribution in [3.05, 3.63) is 132 Å². The maximum Gasteiger partial charge on any atom is 0.310 e. The lowest BCUT2D eigenvalue weighted by Gasteiger charge is -2.41. The standard InChI is InChI=1S/C38H39NO6/c1-2-22-39(25-28-18-20-33(21-19-28)45-32-16-10-5-11-17-32)35(40)24-31-23-34(37(41)43-26-29-12-6-3-7-13-29)36(31)38(42)44-27-30-14-8-4-9-15-30/h3-21,31,34,36H,2,22-27H2,1H3. The molecule has 1 fully saturated rings. The summed E-state index contributed by atoms with van der Waals surface area (Å²) in [5, 5.41) is 0. The van der Waals surface area contributed by atoms with Gasteiger partial charge in [-0.2, -0.15) is 0 Å². The van der Waals surface area contributed by atoms with E-state index in [9.17, 15) is 14.4 Å². The molecule has 0 spiro atoms. The maximum atomic E-state index is 13.6. The van der Waals surface area contributed by atoms with E-state index < -0.39 is 23.8 Å². The number of rotatable bonds is 14. The van der Waals surface area contributed by atoms with Crippen molar-refractivity contribution in [2.24, 2.45) is 17.8 Å². The van der Waals surface area contributed by atoms with Crippen LogP contribution in [-0.2, 0) is 43.6 Å². The molecule has 1 aliphatic rings. The molecule has 45 heavy (non-hydrogen) atoms. The minimum atomic E-state index is -0.737. The molecule has 0 heterocycles. The summed E-state index contributed by atoms with van der Waals surface area (Å²) in [6.45, 7) is 3.29. The molecule has 0 radical (unpaired) electrons. The van der Waals surface area contributed by atoms with Crippen molar-refractivity contribution in [1.82, 2.24) is 4.90 Å². The molecule has 232 valence electrons. The molecule has 0 aromatic heterocycles. The van der Waals surface area contributed by atoms with E-state index in [0.29, 0.717) is 19.5 Å². The lowest BCUT2D eigenvalue weighted by molar-refractivity contribution is -0.176. The Morgan fingerprint density at radius 3 is 1.78 bits per heavy atom. The monoisotopic (exact) mass is 605 g/mol. The number of carbonyl (C=O) groups excluding carboxylic acids is 3. The number of ether oxygens (including phenoxy) is 3. The number of benzene rings is 4. The molecule has 7 heteroatoms. The van der Waals surface area contributed by atoms with Gasteiger partial charge in [0.2, 0.25) is 5.91 Å². The third-order valence-corrected chi connectivity index (χ3v) is 8.08. The maximum absolute atomic E-state index is 13.6. The molecule has 1 amide bonds. The second-order valence-corrected chi connectivity index (χ2v) is 11.4. The zero-order valence-corrected chi connectivity index (χ0v) is 25.5. The van der Waals surface area contributed by atoms with Crippen molar-refractivity contribution in [2.75, 3.05) is 6.54 Å². The number of hydrogen-bond acceptors (Lipinski definition) is 6. The number of para-hydroxylation sites is 1. The molecule has 0 aliphatic heterocycles. The average molecular weight is 606 g/mol. The van der Waals surface area contributed by atoms with Crippen molar-refractivity contribution in [2.45, 2.75) is 45.9 Å². The Kier molecular flexibility index (Phi) is 11.0. The molecule has 1 saturated carbocycles. The first-order chi connectivity index (χ1) is 22.0. The number of nitrogens with zero attached hydrogens (tertiary/aromatic N) is 1. The van der Waals surface area contributed by atoms with E-state index in [1.165, 1.54) is 0 Å². The molecule has 3 unspecified atom stereocenters. The van der Waals surface area contributed by atoms with Gasteiger partial charge in [-0.15, -0.1) is 0 Å². The first-order valence-corrected chi connectivity index (χ1v) is 15.5. The Balaban J connectivity index is 1.22. The number of amides is 1. The van der Waals surface area contributed by atoms with Crippen LogP contribution < -0.4 is 4.74 Å². The van der Waals surface area contributed by atoms with Crippen molar-refractivity contribution < 1.29 is 28.6 Å². The highest BCUT2D eigenvalue weighted by molar-refractivity contribution is 5.86. The van der Waals surface area contributed by atoms with Crippen LogP contribution in [-0.4, -0.2) is 29.3 Å². The van der Waals surface area contributed by atoms with Crippen LogP contribution >= 0.6 is 0 Å². The van der Waals surface area contributed by atoms with Gasteiger partial charge in [0.15, 0.2) is 0 Å². The summed E-state index contributed by atoms with van der Waals surface area (Å²) in [6, 6.07) is 36.1. The van der Waals surface area contributed by atoms with Gasteiger partial charge >= 0.3 is 11.9 Å². The average Bonchev–Trinajstić information content (AvgIpc) is 3.06. The fourth-order valence-corrected chi connectivity index (χ4v) is 5.65. The molecule has 0 bridgehead atoms. The molecule has 4 aromatic rings. The van der Waals surface area contributed by atoms with Crippen LogP contribution in [0.25, 0.3) is 0 Å². The zero-order valence-electron chi connectivity index (χ0n) is 25.5. The van der Waals surface area contributed by atoms with Crippen LogP contribution in [0.5, 0.6) is 11.5 Å². The second-order valence-electron chi connectivity index (χ2n) is 11.4.